The van der Waals surface area contributed by atoms with E-state index in [9.17, 15) is 0 Å². The largest absolute Gasteiger partial charge is 0.478 e. The number of rotatable bonds is 14. The molecule has 0 fully saturated rings. The second-order valence-electron chi connectivity index (χ2n) is 7.56. The van der Waals surface area contributed by atoms with Gasteiger partial charge in [-0.25, -0.2) is 4.99 Å². The Kier molecular flexibility index (Phi) is 13.6. The first kappa shape index (κ1) is 23.9. The van der Waals surface area contributed by atoms with Crippen LogP contribution in [0.15, 0.2) is 77.9 Å². The summed E-state index contributed by atoms with van der Waals surface area (Å²) in [4.78, 5) is 4.57. The van der Waals surface area contributed by atoms with Crippen molar-refractivity contribution in [3.05, 3.63) is 72.9 Å². The maximum Gasteiger partial charge on any atom is 0.184 e. The topological polar surface area (TPSA) is 21.6 Å². The van der Waals surface area contributed by atoms with Gasteiger partial charge in [0.05, 0.1) is 5.54 Å². The molecule has 0 saturated carbocycles. The molecule has 0 bridgehead atoms. The van der Waals surface area contributed by atoms with Crippen LogP contribution in [0, 0.1) is 0 Å². The zero-order valence-corrected chi connectivity index (χ0v) is 18.1. The average Bonchev–Trinajstić information content (AvgIpc) is 3.02. The highest BCUT2D eigenvalue weighted by Crippen LogP contribution is 2.18. The number of hydrogen-bond donors (Lipinski definition) is 0. The maximum atomic E-state index is 5.59. The van der Waals surface area contributed by atoms with Crippen LogP contribution in [0.2, 0.25) is 0 Å². The third-order valence-corrected chi connectivity index (χ3v) is 4.14. The van der Waals surface area contributed by atoms with Crippen molar-refractivity contribution in [1.29, 1.82) is 0 Å². The highest BCUT2D eigenvalue weighted by molar-refractivity contribution is 5.78. The summed E-state index contributed by atoms with van der Waals surface area (Å²) in [6, 6.07) is 0. The van der Waals surface area contributed by atoms with Gasteiger partial charge in [-0.1, -0.05) is 79.8 Å². The first-order valence-corrected chi connectivity index (χ1v) is 10.8. The number of ether oxygens (including phenoxy) is 1. The second-order valence-corrected chi connectivity index (χ2v) is 7.56. The van der Waals surface area contributed by atoms with Crippen molar-refractivity contribution in [3.8, 4) is 0 Å². The predicted molar refractivity (Wildman–Crippen MR) is 125 cm³/mol. The quantitative estimate of drug-likeness (QED) is 0.283. The molecule has 0 aromatic carbocycles. The van der Waals surface area contributed by atoms with Gasteiger partial charge in [0.2, 0.25) is 0 Å². The minimum absolute atomic E-state index is 0.0339. The lowest BCUT2D eigenvalue weighted by molar-refractivity contribution is 0.274. The van der Waals surface area contributed by atoms with Gasteiger partial charge in [-0.3, -0.25) is 0 Å². The molecular weight excluding hydrogens is 342 g/mol. The van der Waals surface area contributed by atoms with Gasteiger partial charge in [0, 0.05) is 6.42 Å². The summed E-state index contributed by atoms with van der Waals surface area (Å²) in [5.41, 5.74) is -0.0339. The van der Waals surface area contributed by atoms with Crippen molar-refractivity contribution in [2.75, 3.05) is 6.61 Å². The average molecular weight is 382 g/mol. The summed E-state index contributed by atoms with van der Waals surface area (Å²) < 4.78 is 5.59. The van der Waals surface area contributed by atoms with Crippen LogP contribution in [-0.2, 0) is 4.74 Å². The van der Waals surface area contributed by atoms with Crippen molar-refractivity contribution in [2.45, 2.75) is 77.7 Å². The van der Waals surface area contributed by atoms with Crippen LogP contribution in [0.3, 0.4) is 0 Å². The Morgan fingerprint density at radius 3 is 1.54 bits per heavy atom. The molecule has 0 spiro atoms. The van der Waals surface area contributed by atoms with Gasteiger partial charge in [-0.05, 0) is 58.8 Å². The molecule has 2 nitrogen and oxygen atoms in total. The van der Waals surface area contributed by atoms with E-state index in [2.05, 4.69) is 98.7 Å². The fourth-order valence-corrected chi connectivity index (χ4v) is 2.64. The molecule has 154 valence electrons. The molecule has 0 aromatic rings. The van der Waals surface area contributed by atoms with Crippen molar-refractivity contribution < 1.29 is 4.74 Å². The number of aliphatic imine (C=N–C) groups is 1. The summed E-state index contributed by atoms with van der Waals surface area (Å²) in [6.45, 7) is 7.09. The fraction of sp³-hybridized carbons (Fsp3) is 0.500. The Balaban J connectivity index is 1.97. The molecule has 1 heterocycles. The number of allylic oxidation sites excluding steroid dienone is 12. The third-order valence-electron chi connectivity index (χ3n) is 4.14. The van der Waals surface area contributed by atoms with E-state index < -0.39 is 0 Å². The lowest BCUT2D eigenvalue weighted by atomic mass is 10.1. The fourth-order valence-electron chi connectivity index (χ4n) is 2.64. The molecule has 0 saturated heterocycles. The van der Waals surface area contributed by atoms with Crippen LogP contribution >= 0.6 is 0 Å². The summed E-state index contributed by atoms with van der Waals surface area (Å²) in [5.74, 6) is 0.907. The van der Waals surface area contributed by atoms with Gasteiger partial charge in [-0.2, -0.15) is 0 Å². The minimum Gasteiger partial charge on any atom is -0.478 e. The van der Waals surface area contributed by atoms with E-state index in [4.69, 9.17) is 4.74 Å². The molecule has 0 unspecified atom stereocenters. The first-order valence-electron chi connectivity index (χ1n) is 10.8. The molecule has 1 aliphatic heterocycles. The number of hydrogen-bond acceptors (Lipinski definition) is 2. The van der Waals surface area contributed by atoms with Crippen LogP contribution in [0.25, 0.3) is 0 Å². The van der Waals surface area contributed by atoms with Crippen LogP contribution in [0.1, 0.15) is 72.1 Å². The van der Waals surface area contributed by atoms with E-state index in [-0.39, 0.29) is 5.54 Å². The zero-order chi connectivity index (χ0) is 20.3. The normalized spacial score (nSPS) is 17.3. The van der Waals surface area contributed by atoms with E-state index in [1.54, 1.807) is 0 Å². The highest BCUT2D eigenvalue weighted by Gasteiger charge is 2.25. The Morgan fingerprint density at radius 2 is 1.14 bits per heavy atom. The Labute approximate surface area is 173 Å². The van der Waals surface area contributed by atoms with Gasteiger partial charge in [-0.15, -0.1) is 0 Å². The number of nitrogens with zero attached hydrogens (tertiary/aromatic N) is 1. The van der Waals surface area contributed by atoms with Crippen LogP contribution in [0.5, 0.6) is 0 Å². The molecule has 1 rings (SSSR count). The summed E-state index contributed by atoms with van der Waals surface area (Å²) in [7, 11) is 0. The molecule has 28 heavy (non-hydrogen) atoms. The standard InChI is InChI=1S/C26H39NO/c1-4-5-6-7-8-9-10-11-12-13-14-15-16-17-18-19-20-21-22-23-25-27-26(2,3)24-28-25/h5-6,8-9,11-12,14-15,17-18,20-21H,4,7,10,13,16,19,22-24H2,1-3H3/b6-5+,9-8+,12-11+,15-14+,18-17+,21-20+. The van der Waals surface area contributed by atoms with Crippen molar-refractivity contribution in [3.63, 3.8) is 0 Å². The van der Waals surface area contributed by atoms with E-state index in [0.29, 0.717) is 6.61 Å². The van der Waals surface area contributed by atoms with Gasteiger partial charge in [0.1, 0.15) is 6.61 Å². The summed E-state index contributed by atoms with van der Waals surface area (Å²) in [5, 5.41) is 0. The smallest absolute Gasteiger partial charge is 0.184 e. The summed E-state index contributed by atoms with van der Waals surface area (Å²) >= 11 is 0. The van der Waals surface area contributed by atoms with E-state index in [1.165, 1.54) is 0 Å². The third kappa shape index (κ3) is 14.0. The molecule has 0 aliphatic carbocycles. The summed E-state index contributed by atoms with van der Waals surface area (Å²) in [6.07, 6.45) is 34.8. The van der Waals surface area contributed by atoms with E-state index >= 15 is 0 Å². The molecule has 0 radical (unpaired) electrons. The molecule has 0 N–H and O–H groups in total. The predicted octanol–water partition coefficient (Wildman–Crippen LogP) is 7.67. The van der Waals surface area contributed by atoms with Crippen LogP contribution < -0.4 is 0 Å². The minimum atomic E-state index is -0.0339. The Bertz CT molecular complexity index is 600. The van der Waals surface area contributed by atoms with Crippen LogP contribution in [0.4, 0.5) is 0 Å². The monoisotopic (exact) mass is 381 g/mol. The molecule has 0 aromatic heterocycles. The van der Waals surface area contributed by atoms with E-state index in [0.717, 1.165) is 57.3 Å². The maximum absolute atomic E-state index is 5.59. The van der Waals surface area contributed by atoms with Crippen molar-refractivity contribution in [1.82, 2.24) is 0 Å². The SMILES string of the molecule is CC/C=C/C/C=C/C/C=C/C/C=C/C/C=C/C/C=C/CCC1=NC(C)(C)CO1. The van der Waals surface area contributed by atoms with Crippen molar-refractivity contribution >= 4 is 5.90 Å². The molecule has 2 heteroatoms. The van der Waals surface area contributed by atoms with Crippen molar-refractivity contribution in [2.24, 2.45) is 4.99 Å². The second kappa shape index (κ2) is 15.9. The molecular formula is C26H39NO. The molecule has 0 amide bonds. The Morgan fingerprint density at radius 1 is 0.714 bits per heavy atom. The lowest BCUT2D eigenvalue weighted by Crippen LogP contribution is -2.17. The lowest BCUT2D eigenvalue weighted by Gasteiger charge is -2.07. The molecule has 1 aliphatic rings. The highest BCUT2D eigenvalue weighted by atomic mass is 16.5. The van der Waals surface area contributed by atoms with E-state index in [1.807, 2.05) is 0 Å². The molecule has 0 atom stereocenters. The van der Waals surface area contributed by atoms with Gasteiger partial charge in [0.15, 0.2) is 5.90 Å². The first-order chi connectivity index (χ1) is 13.6. The zero-order valence-electron chi connectivity index (χ0n) is 18.1. The Hall–Kier alpha value is -2.09. The van der Waals surface area contributed by atoms with Gasteiger partial charge >= 0.3 is 0 Å². The van der Waals surface area contributed by atoms with Gasteiger partial charge in [0.25, 0.3) is 0 Å². The van der Waals surface area contributed by atoms with Gasteiger partial charge < -0.3 is 4.74 Å². The van der Waals surface area contributed by atoms with Crippen LogP contribution in [-0.4, -0.2) is 18.0 Å².